The minimum absolute atomic E-state index is 0.0531. The van der Waals surface area contributed by atoms with Gasteiger partial charge in [-0.3, -0.25) is 0 Å². The Hall–Kier alpha value is -1.49. The number of aldehydes is 1. The smallest absolute Gasteiger partial charge is 0.122 e. The van der Waals surface area contributed by atoms with E-state index in [1.807, 2.05) is 36.4 Å². The van der Waals surface area contributed by atoms with Gasteiger partial charge in [-0.2, -0.15) is 0 Å². The molecule has 4 atom stereocenters. The Morgan fingerprint density at radius 2 is 2.04 bits per heavy atom. The van der Waals surface area contributed by atoms with Gasteiger partial charge in [-0.05, 0) is 24.8 Å². The van der Waals surface area contributed by atoms with Crippen molar-refractivity contribution in [2.45, 2.75) is 63.6 Å². The molecule has 0 fully saturated rings. The predicted octanol–water partition coefficient (Wildman–Crippen LogP) is 3.04. The van der Waals surface area contributed by atoms with Crippen LogP contribution >= 0.6 is 0 Å². The highest BCUT2D eigenvalue weighted by Crippen LogP contribution is 2.22. The number of ether oxygens (including phenoxy) is 2. The average Bonchev–Trinajstić information content (AvgIpc) is 2.55. The molecule has 126 valence electrons. The zero-order chi connectivity index (χ0) is 16.5. The van der Waals surface area contributed by atoms with Crippen LogP contribution < -0.4 is 0 Å². The van der Waals surface area contributed by atoms with Crippen molar-refractivity contribution in [3.63, 3.8) is 0 Å². The molecule has 1 N–H and O–H groups in total. The second kappa shape index (κ2) is 9.60. The molecule has 0 amide bonds. The minimum atomic E-state index is -0.765. The Morgan fingerprint density at radius 1 is 1.30 bits per heavy atom. The molecule has 4 heteroatoms. The summed E-state index contributed by atoms with van der Waals surface area (Å²) in [4.78, 5) is 10.6. The zero-order valence-electron chi connectivity index (χ0n) is 13.6. The maximum Gasteiger partial charge on any atom is 0.122 e. The van der Waals surface area contributed by atoms with E-state index in [1.165, 1.54) is 0 Å². The van der Waals surface area contributed by atoms with E-state index in [1.54, 1.807) is 0 Å². The number of hydrogen-bond acceptors (Lipinski definition) is 4. The SMILES string of the molecule is CC[C@H]1O[C@@H]([C@H](O)CC=O)C/C=C\C[C@H]1OCc1ccccc1. The van der Waals surface area contributed by atoms with E-state index >= 15 is 0 Å². The van der Waals surface area contributed by atoms with E-state index < -0.39 is 6.10 Å². The van der Waals surface area contributed by atoms with Crippen molar-refractivity contribution < 1.29 is 19.4 Å². The molecule has 2 rings (SSSR count). The van der Waals surface area contributed by atoms with Crippen LogP contribution in [0.4, 0.5) is 0 Å². The molecular formula is C19H26O4. The number of aliphatic hydroxyl groups is 1. The first-order valence-electron chi connectivity index (χ1n) is 8.32. The van der Waals surface area contributed by atoms with Gasteiger partial charge in [0.1, 0.15) is 6.29 Å². The summed E-state index contributed by atoms with van der Waals surface area (Å²) in [5.74, 6) is 0. The zero-order valence-corrected chi connectivity index (χ0v) is 13.6. The van der Waals surface area contributed by atoms with Gasteiger partial charge in [0.05, 0.1) is 31.0 Å². The molecule has 0 spiro atoms. The normalized spacial score (nSPS) is 27.7. The molecule has 0 radical (unpaired) electrons. The van der Waals surface area contributed by atoms with E-state index in [2.05, 4.69) is 13.0 Å². The molecule has 23 heavy (non-hydrogen) atoms. The van der Waals surface area contributed by atoms with Crippen LogP contribution in [0.25, 0.3) is 0 Å². The van der Waals surface area contributed by atoms with Crippen LogP contribution in [0.5, 0.6) is 0 Å². The van der Waals surface area contributed by atoms with Crippen molar-refractivity contribution in [1.29, 1.82) is 0 Å². The van der Waals surface area contributed by atoms with E-state index in [4.69, 9.17) is 9.47 Å². The summed E-state index contributed by atoms with van der Waals surface area (Å²) in [6.45, 7) is 2.60. The van der Waals surface area contributed by atoms with Gasteiger partial charge in [0, 0.05) is 6.42 Å². The average molecular weight is 318 g/mol. The fraction of sp³-hybridized carbons (Fsp3) is 0.526. The van der Waals surface area contributed by atoms with Crippen molar-refractivity contribution in [1.82, 2.24) is 0 Å². The molecule has 1 aromatic carbocycles. The second-order valence-corrected chi connectivity index (χ2v) is 5.87. The van der Waals surface area contributed by atoms with Crippen LogP contribution in [0.3, 0.4) is 0 Å². The fourth-order valence-corrected chi connectivity index (χ4v) is 2.79. The first-order chi connectivity index (χ1) is 11.2. The lowest BCUT2D eigenvalue weighted by Crippen LogP contribution is -2.40. The molecule has 0 saturated carbocycles. The molecule has 1 aromatic rings. The summed E-state index contributed by atoms with van der Waals surface area (Å²) in [5.41, 5.74) is 1.13. The van der Waals surface area contributed by atoms with Gasteiger partial charge >= 0.3 is 0 Å². The van der Waals surface area contributed by atoms with Crippen LogP contribution in [0.15, 0.2) is 42.5 Å². The molecule has 0 bridgehead atoms. The van der Waals surface area contributed by atoms with Crippen molar-refractivity contribution in [3.8, 4) is 0 Å². The summed E-state index contributed by atoms with van der Waals surface area (Å²) in [6.07, 6.45) is 5.88. The summed E-state index contributed by atoms with van der Waals surface area (Å²) >= 11 is 0. The molecule has 1 heterocycles. The van der Waals surface area contributed by atoms with Crippen LogP contribution in [0.1, 0.15) is 38.2 Å². The molecule has 4 nitrogen and oxygen atoms in total. The summed E-state index contributed by atoms with van der Waals surface area (Å²) < 4.78 is 12.1. The van der Waals surface area contributed by atoms with Gasteiger partial charge in [-0.1, -0.05) is 49.4 Å². The van der Waals surface area contributed by atoms with E-state index in [0.717, 1.165) is 24.7 Å². The summed E-state index contributed by atoms with van der Waals surface area (Å²) in [5, 5.41) is 10.1. The minimum Gasteiger partial charge on any atom is -0.390 e. The lowest BCUT2D eigenvalue weighted by molar-refractivity contribution is -0.139. The van der Waals surface area contributed by atoms with E-state index in [0.29, 0.717) is 13.0 Å². The predicted molar refractivity (Wildman–Crippen MR) is 89.0 cm³/mol. The summed E-state index contributed by atoms with van der Waals surface area (Å²) in [6, 6.07) is 10.1. The number of carbonyl (C=O) groups excluding carboxylic acids is 1. The topological polar surface area (TPSA) is 55.8 Å². The molecule has 1 aliphatic rings. The largest absolute Gasteiger partial charge is 0.390 e. The molecule has 0 aliphatic carbocycles. The van der Waals surface area contributed by atoms with Gasteiger partial charge < -0.3 is 19.4 Å². The number of hydrogen-bond donors (Lipinski definition) is 1. The third kappa shape index (κ3) is 5.57. The third-order valence-corrected chi connectivity index (χ3v) is 4.14. The molecule has 0 saturated heterocycles. The van der Waals surface area contributed by atoms with Crippen LogP contribution in [0.2, 0.25) is 0 Å². The monoisotopic (exact) mass is 318 g/mol. The third-order valence-electron chi connectivity index (χ3n) is 4.14. The Balaban J connectivity index is 1.99. The second-order valence-electron chi connectivity index (χ2n) is 5.87. The molecular weight excluding hydrogens is 292 g/mol. The van der Waals surface area contributed by atoms with Crippen molar-refractivity contribution in [2.75, 3.05) is 0 Å². The van der Waals surface area contributed by atoms with Crippen LogP contribution in [-0.4, -0.2) is 35.8 Å². The van der Waals surface area contributed by atoms with Gasteiger partial charge in [0.25, 0.3) is 0 Å². The first kappa shape index (κ1) is 17.9. The Bertz CT molecular complexity index is 485. The highest BCUT2D eigenvalue weighted by molar-refractivity contribution is 5.50. The number of benzene rings is 1. The highest BCUT2D eigenvalue weighted by Gasteiger charge is 2.28. The Labute approximate surface area is 138 Å². The maximum atomic E-state index is 10.6. The van der Waals surface area contributed by atoms with Gasteiger partial charge in [-0.15, -0.1) is 0 Å². The lowest BCUT2D eigenvalue weighted by atomic mass is 10.0. The van der Waals surface area contributed by atoms with Crippen molar-refractivity contribution in [3.05, 3.63) is 48.0 Å². The number of carbonyl (C=O) groups is 1. The quantitative estimate of drug-likeness (QED) is 0.620. The maximum absolute atomic E-state index is 10.6. The van der Waals surface area contributed by atoms with E-state index in [-0.39, 0.29) is 24.7 Å². The number of aliphatic hydroxyl groups excluding tert-OH is 1. The van der Waals surface area contributed by atoms with Crippen molar-refractivity contribution in [2.24, 2.45) is 0 Å². The van der Waals surface area contributed by atoms with Gasteiger partial charge in [-0.25, -0.2) is 0 Å². The fourth-order valence-electron chi connectivity index (χ4n) is 2.79. The highest BCUT2D eigenvalue weighted by atomic mass is 16.6. The van der Waals surface area contributed by atoms with Gasteiger partial charge in [0.15, 0.2) is 0 Å². The van der Waals surface area contributed by atoms with Crippen LogP contribution in [-0.2, 0) is 20.9 Å². The van der Waals surface area contributed by atoms with Crippen molar-refractivity contribution >= 4 is 6.29 Å². The Kier molecular flexibility index (Phi) is 7.46. The standard InChI is InChI=1S/C19H26O4/c1-2-17-19(22-14-15-8-4-3-5-9-15)11-7-6-10-18(23-17)16(21)12-13-20/h3-9,13,16-19,21H,2,10-12,14H2,1H3/b7-6-/t16-,17-,18-,19-/m1/s1. The number of rotatable bonds is 7. The molecule has 0 aromatic heterocycles. The Morgan fingerprint density at radius 3 is 2.74 bits per heavy atom. The lowest BCUT2D eigenvalue weighted by Gasteiger charge is -2.33. The molecule has 1 aliphatic heterocycles. The first-order valence-corrected chi connectivity index (χ1v) is 8.32. The molecule has 0 unspecified atom stereocenters. The summed E-state index contributed by atoms with van der Waals surface area (Å²) in [7, 11) is 0. The van der Waals surface area contributed by atoms with Crippen LogP contribution in [0, 0.1) is 0 Å². The van der Waals surface area contributed by atoms with E-state index in [9.17, 15) is 9.90 Å². The van der Waals surface area contributed by atoms with Gasteiger partial charge in [0.2, 0.25) is 0 Å².